The number of fused-ring (bicyclic) bond motifs is 2. The maximum Gasteiger partial charge on any atom is 0.230 e. The van der Waals surface area contributed by atoms with Crippen LogP contribution in [-0.2, 0) is 12.8 Å². The van der Waals surface area contributed by atoms with Gasteiger partial charge in [-0.2, -0.15) is 0 Å². The monoisotopic (exact) mass is 305 g/mol. The van der Waals surface area contributed by atoms with Crippen molar-refractivity contribution < 1.29 is 9.21 Å². The summed E-state index contributed by atoms with van der Waals surface area (Å²) in [4.78, 5) is 12.8. The number of benzene rings is 2. The molecule has 0 radical (unpaired) electrons. The minimum absolute atomic E-state index is 0.144. The predicted molar refractivity (Wildman–Crippen MR) is 91.9 cm³/mol. The van der Waals surface area contributed by atoms with Crippen LogP contribution in [0.5, 0.6) is 0 Å². The van der Waals surface area contributed by atoms with Crippen LogP contribution in [0.3, 0.4) is 0 Å². The quantitative estimate of drug-likeness (QED) is 0.712. The highest BCUT2D eigenvalue weighted by Gasteiger charge is 2.22. The smallest absolute Gasteiger partial charge is 0.230 e. The third kappa shape index (κ3) is 2.24. The summed E-state index contributed by atoms with van der Waals surface area (Å²) in [7, 11) is 0. The van der Waals surface area contributed by atoms with Crippen molar-refractivity contribution in [1.29, 1.82) is 0 Å². The molecule has 0 amide bonds. The predicted octanol–water partition coefficient (Wildman–Crippen LogP) is 4.43. The molecule has 4 rings (SSSR count). The molecule has 3 aromatic rings. The maximum atomic E-state index is 12.8. The normalized spacial score (nSPS) is 14.0. The van der Waals surface area contributed by atoms with Crippen LogP contribution < -0.4 is 5.73 Å². The lowest BCUT2D eigenvalue weighted by Crippen LogP contribution is -2.05. The summed E-state index contributed by atoms with van der Waals surface area (Å²) in [6, 6.07) is 11.7. The Morgan fingerprint density at radius 2 is 1.78 bits per heavy atom. The lowest BCUT2D eigenvalue weighted by atomic mass is 9.90. The number of hydrogen-bond donors (Lipinski definition) is 1. The maximum absolute atomic E-state index is 12.8. The van der Waals surface area contributed by atoms with E-state index < -0.39 is 0 Å². The summed E-state index contributed by atoms with van der Waals surface area (Å²) < 4.78 is 5.86. The number of carbonyl (C=O) groups excluding carboxylic acids is 1. The van der Waals surface area contributed by atoms with Gasteiger partial charge in [0.25, 0.3) is 0 Å². The Morgan fingerprint density at radius 1 is 1.09 bits per heavy atom. The van der Waals surface area contributed by atoms with Crippen LogP contribution in [0.4, 0.5) is 5.69 Å². The van der Waals surface area contributed by atoms with E-state index in [1.54, 1.807) is 0 Å². The average molecular weight is 305 g/mol. The summed E-state index contributed by atoms with van der Waals surface area (Å²) in [5.41, 5.74) is 11.7. The highest BCUT2D eigenvalue weighted by Crippen LogP contribution is 2.34. The highest BCUT2D eigenvalue weighted by molar-refractivity contribution is 6.15. The number of rotatable bonds is 2. The molecule has 0 atom stereocenters. The molecule has 1 aliphatic carbocycles. The average Bonchev–Trinajstić information content (AvgIpc) is 2.89. The van der Waals surface area contributed by atoms with E-state index in [4.69, 9.17) is 10.2 Å². The van der Waals surface area contributed by atoms with E-state index in [1.807, 2.05) is 31.2 Å². The van der Waals surface area contributed by atoms with Crippen molar-refractivity contribution in [3.8, 4) is 0 Å². The van der Waals surface area contributed by atoms with Gasteiger partial charge in [-0.05, 0) is 61.4 Å². The van der Waals surface area contributed by atoms with Gasteiger partial charge in [0.1, 0.15) is 5.58 Å². The number of carbonyl (C=O) groups is 1. The van der Waals surface area contributed by atoms with Gasteiger partial charge in [-0.15, -0.1) is 0 Å². The van der Waals surface area contributed by atoms with Gasteiger partial charge in [0.2, 0.25) is 5.78 Å². The first kappa shape index (κ1) is 14.1. The van der Waals surface area contributed by atoms with Crippen LogP contribution in [0, 0.1) is 6.92 Å². The van der Waals surface area contributed by atoms with Crippen molar-refractivity contribution in [1.82, 2.24) is 0 Å². The summed E-state index contributed by atoms with van der Waals surface area (Å²) >= 11 is 0. The number of furan rings is 1. The number of hydrogen-bond acceptors (Lipinski definition) is 3. The summed E-state index contributed by atoms with van der Waals surface area (Å²) in [5.74, 6) is 0.117. The topological polar surface area (TPSA) is 56.2 Å². The Labute approximate surface area is 135 Å². The molecule has 0 aliphatic heterocycles. The van der Waals surface area contributed by atoms with Crippen LogP contribution in [-0.4, -0.2) is 5.78 Å². The first-order chi connectivity index (χ1) is 11.1. The minimum atomic E-state index is -0.144. The molecule has 0 unspecified atom stereocenters. The molecular formula is C20H19NO2. The first-order valence-electron chi connectivity index (χ1n) is 8.09. The molecule has 116 valence electrons. The van der Waals surface area contributed by atoms with Gasteiger partial charge in [0.15, 0.2) is 5.76 Å². The Morgan fingerprint density at radius 3 is 2.52 bits per heavy atom. The second-order valence-electron chi connectivity index (χ2n) is 6.31. The molecule has 0 spiro atoms. The Bertz CT molecular complexity index is 921. The van der Waals surface area contributed by atoms with Crippen LogP contribution >= 0.6 is 0 Å². The van der Waals surface area contributed by atoms with E-state index in [0.29, 0.717) is 11.3 Å². The molecule has 1 heterocycles. The molecule has 2 N–H and O–H groups in total. The fourth-order valence-electron chi connectivity index (χ4n) is 3.46. The van der Waals surface area contributed by atoms with Gasteiger partial charge in [-0.25, -0.2) is 0 Å². The Kier molecular flexibility index (Phi) is 3.22. The van der Waals surface area contributed by atoms with Crippen molar-refractivity contribution in [2.75, 3.05) is 5.73 Å². The molecule has 23 heavy (non-hydrogen) atoms. The van der Waals surface area contributed by atoms with E-state index in [9.17, 15) is 4.79 Å². The van der Waals surface area contributed by atoms with E-state index in [0.717, 1.165) is 29.4 Å². The molecule has 0 fully saturated rings. The van der Waals surface area contributed by atoms with E-state index in [1.165, 1.54) is 24.0 Å². The minimum Gasteiger partial charge on any atom is -0.450 e. The molecule has 3 heteroatoms. The lowest BCUT2D eigenvalue weighted by Gasteiger charge is -2.14. The zero-order valence-corrected chi connectivity index (χ0v) is 13.2. The van der Waals surface area contributed by atoms with Crippen LogP contribution in [0.2, 0.25) is 0 Å². The number of ketones is 1. The number of anilines is 1. The SMILES string of the molecule is Cc1ccccc1C(=O)c1oc2cc3c(cc2c1N)CCCC3. The molecule has 0 saturated carbocycles. The Balaban J connectivity index is 1.86. The number of nitrogens with two attached hydrogens (primary N) is 1. The third-order valence-corrected chi connectivity index (χ3v) is 4.79. The van der Waals surface area contributed by atoms with E-state index in [2.05, 4.69) is 12.1 Å². The molecule has 2 aromatic carbocycles. The third-order valence-electron chi connectivity index (χ3n) is 4.79. The number of nitrogen functional groups attached to an aromatic ring is 1. The van der Waals surface area contributed by atoms with Crippen LogP contribution in [0.15, 0.2) is 40.8 Å². The molecule has 1 aliphatic rings. The Hall–Kier alpha value is -2.55. The number of aryl methyl sites for hydroxylation is 3. The van der Waals surface area contributed by atoms with Crippen molar-refractivity contribution in [2.45, 2.75) is 32.6 Å². The van der Waals surface area contributed by atoms with Gasteiger partial charge < -0.3 is 10.2 Å². The fourth-order valence-corrected chi connectivity index (χ4v) is 3.46. The van der Waals surface area contributed by atoms with Crippen molar-refractivity contribution in [3.05, 3.63) is 64.4 Å². The largest absolute Gasteiger partial charge is 0.450 e. The van der Waals surface area contributed by atoms with Gasteiger partial charge >= 0.3 is 0 Å². The molecule has 3 nitrogen and oxygen atoms in total. The highest BCUT2D eigenvalue weighted by atomic mass is 16.3. The van der Waals surface area contributed by atoms with E-state index in [-0.39, 0.29) is 11.5 Å². The lowest BCUT2D eigenvalue weighted by molar-refractivity contribution is 0.101. The van der Waals surface area contributed by atoms with Crippen LogP contribution in [0.1, 0.15) is 45.7 Å². The molecule has 1 aromatic heterocycles. The first-order valence-corrected chi connectivity index (χ1v) is 8.09. The summed E-state index contributed by atoms with van der Waals surface area (Å²) in [6.07, 6.45) is 4.58. The van der Waals surface area contributed by atoms with Crippen molar-refractivity contribution in [3.63, 3.8) is 0 Å². The van der Waals surface area contributed by atoms with Gasteiger partial charge in [0, 0.05) is 10.9 Å². The molecular weight excluding hydrogens is 286 g/mol. The van der Waals surface area contributed by atoms with Crippen molar-refractivity contribution in [2.24, 2.45) is 0 Å². The zero-order chi connectivity index (χ0) is 16.0. The van der Waals surface area contributed by atoms with Crippen molar-refractivity contribution >= 4 is 22.4 Å². The van der Waals surface area contributed by atoms with Gasteiger partial charge in [-0.3, -0.25) is 4.79 Å². The van der Waals surface area contributed by atoms with Crippen LogP contribution in [0.25, 0.3) is 11.0 Å². The summed E-state index contributed by atoms with van der Waals surface area (Å²) in [5, 5.41) is 0.864. The molecule has 0 saturated heterocycles. The second-order valence-corrected chi connectivity index (χ2v) is 6.31. The summed E-state index contributed by atoms with van der Waals surface area (Å²) in [6.45, 7) is 1.92. The fraction of sp³-hybridized carbons (Fsp3) is 0.250. The van der Waals surface area contributed by atoms with Gasteiger partial charge in [0.05, 0.1) is 5.69 Å². The zero-order valence-electron chi connectivity index (χ0n) is 13.2. The van der Waals surface area contributed by atoms with E-state index >= 15 is 0 Å². The second kappa shape index (κ2) is 5.27. The van der Waals surface area contributed by atoms with Gasteiger partial charge in [-0.1, -0.05) is 24.3 Å². The molecule has 0 bridgehead atoms. The standard InChI is InChI=1S/C20H19NO2/c1-12-6-2-5-9-15(12)19(22)20-18(21)16-10-13-7-3-4-8-14(13)11-17(16)23-20/h2,5-6,9-11H,3-4,7-8,21H2,1H3.